The van der Waals surface area contributed by atoms with Gasteiger partial charge in [0.1, 0.15) is 17.3 Å². The lowest BCUT2D eigenvalue weighted by molar-refractivity contribution is 0.342. The van der Waals surface area contributed by atoms with Crippen molar-refractivity contribution in [2.24, 2.45) is 5.92 Å². The van der Waals surface area contributed by atoms with Crippen LogP contribution in [0.1, 0.15) is 47.9 Å². The second kappa shape index (κ2) is 8.61. The molecule has 2 atom stereocenters. The summed E-state index contributed by atoms with van der Waals surface area (Å²) >= 11 is 0. The van der Waals surface area contributed by atoms with E-state index in [1.54, 1.807) is 13.4 Å². The lowest BCUT2D eigenvalue weighted by Crippen LogP contribution is -2.24. The van der Waals surface area contributed by atoms with Gasteiger partial charge in [-0.15, -0.1) is 0 Å². The summed E-state index contributed by atoms with van der Waals surface area (Å²) in [5, 5.41) is 4.69. The molecule has 0 saturated carbocycles. The molecule has 1 aliphatic heterocycles. The number of imidazole rings is 1. The Morgan fingerprint density at radius 3 is 2.64 bits per heavy atom. The maximum Gasteiger partial charge on any atom is 0.238 e. The summed E-state index contributed by atoms with van der Waals surface area (Å²) in [7, 11) is 1.60. The van der Waals surface area contributed by atoms with Crippen molar-refractivity contribution >= 4 is 12.2 Å². The monoisotopic (exact) mass is 444 g/mol. The van der Waals surface area contributed by atoms with E-state index in [0.717, 1.165) is 41.4 Å². The van der Waals surface area contributed by atoms with E-state index < -0.39 is 0 Å². The van der Waals surface area contributed by atoms with Crippen LogP contribution >= 0.6 is 0 Å². The number of halogens is 1. The zero-order valence-electron chi connectivity index (χ0n) is 18.8. The summed E-state index contributed by atoms with van der Waals surface area (Å²) in [5.41, 5.74) is 3.54. The van der Waals surface area contributed by atoms with Gasteiger partial charge in [0.25, 0.3) is 0 Å². The van der Waals surface area contributed by atoms with Crippen molar-refractivity contribution in [3.8, 4) is 11.6 Å². The first-order valence-corrected chi connectivity index (χ1v) is 10.9. The van der Waals surface area contributed by atoms with Gasteiger partial charge < -0.3 is 9.30 Å². The second-order valence-corrected chi connectivity index (χ2v) is 8.48. The van der Waals surface area contributed by atoms with Crippen molar-refractivity contribution in [3.05, 3.63) is 83.3 Å². The van der Waals surface area contributed by atoms with Crippen LogP contribution in [0, 0.1) is 18.7 Å². The Labute approximate surface area is 191 Å². The van der Waals surface area contributed by atoms with Gasteiger partial charge in [0.05, 0.1) is 24.8 Å². The van der Waals surface area contributed by atoms with E-state index in [-0.39, 0.29) is 11.7 Å². The largest absolute Gasteiger partial charge is 0.479 e. The Bertz CT molecular complexity index is 1310. The first-order chi connectivity index (χ1) is 16.0. The van der Waals surface area contributed by atoms with Crippen LogP contribution in [0.5, 0.6) is 5.88 Å². The lowest BCUT2D eigenvalue weighted by atomic mass is 9.86. The van der Waals surface area contributed by atoms with Gasteiger partial charge in [-0.05, 0) is 61.2 Å². The predicted molar refractivity (Wildman–Crippen MR) is 124 cm³/mol. The van der Waals surface area contributed by atoms with Crippen LogP contribution in [0.3, 0.4) is 0 Å². The Hall–Kier alpha value is -3.81. The molecular weight excluding hydrogens is 419 g/mol. The Balaban J connectivity index is 1.42. The van der Waals surface area contributed by atoms with E-state index >= 15 is 0 Å². The fraction of sp³-hybridized carbons (Fsp3) is 0.280. The number of rotatable bonds is 5. The van der Waals surface area contributed by atoms with Gasteiger partial charge in [-0.25, -0.2) is 24.0 Å². The molecule has 8 heteroatoms. The van der Waals surface area contributed by atoms with E-state index in [1.807, 2.05) is 58.8 Å². The summed E-state index contributed by atoms with van der Waals surface area (Å²) in [5.74, 6) is 2.37. The Kier molecular flexibility index (Phi) is 5.50. The number of ether oxygens (including phenoxy) is 1. The predicted octanol–water partition coefficient (Wildman–Crippen LogP) is 4.66. The average Bonchev–Trinajstić information content (AvgIpc) is 3.43. The highest BCUT2D eigenvalue weighted by molar-refractivity contribution is 5.65. The summed E-state index contributed by atoms with van der Waals surface area (Å²) in [6.45, 7) is 4.96. The van der Waals surface area contributed by atoms with Gasteiger partial charge in [-0.1, -0.05) is 19.1 Å². The van der Waals surface area contributed by atoms with Crippen molar-refractivity contribution in [1.82, 2.24) is 29.3 Å². The molecule has 0 saturated heterocycles. The first-order valence-electron chi connectivity index (χ1n) is 10.9. The topological polar surface area (TPSA) is 70.7 Å². The summed E-state index contributed by atoms with van der Waals surface area (Å²) in [6, 6.07) is 10.6. The quantitative estimate of drug-likeness (QED) is 0.448. The fourth-order valence-electron chi connectivity index (χ4n) is 4.29. The van der Waals surface area contributed by atoms with Crippen molar-refractivity contribution in [3.63, 3.8) is 0 Å². The molecule has 0 aliphatic carbocycles. The molecule has 0 amide bonds. The van der Waals surface area contributed by atoms with E-state index in [9.17, 15) is 4.39 Å². The molecule has 168 valence electrons. The van der Waals surface area contributed by atoms with Gasteiger partial charge in [0, 0.05) is 18.7 Å². The number of nitrogens with zero attached hydrogens (tertiary/aromatic N) is 6. The van der Waals surface area contributed by atoms with Crippen LogP contribution in [0.15, 0.2) is 48.9 Å². The molecule has 4 heterocycles. The van der Waals surface area contributed by atoms with Gasteiger partial charge >= 0.3 is 0 Å². The van der Waals surface area contributed by atoms with E-state index in [0.29, 0.717) is 17.6 Å². The number of aryl methyl sites for hydroxylation is 1. The Morgan fingerprint density at radius 2 is 1.91 bits per heavy atom. The van der Waals surface area contributed by atoms with E-state index in [2.05, 4.69) is 16.9 Å². The lowest BCUT2D eigenvalue weighted by Gasteiger charge is -2.27. The number of pyridine rings is 1. The SMILES string of the molecule is COc1nc(/C=C/c2nc3n(n2)CC(C)CC3c2ccc(F)cc2)ccc1-n1cnc(C)c1. The number of fused-ring (bicyclic) bond motifs is 1. The smallest absolute Gasteiger partial charge is 0.238 e. The first kappa shape index (κ1) is 21.1. The second-order valence-electron chi connectivity index (χ2n) is 8.48. The minimum atomic E-state index is -0.232. The number of hydrogen-bond donors (Lipinski definition) is 0. The van der Waals surface area contributed by atoms with Crippen LogP contribution in [0.25, 0.3) is 17.8 Å². The maximum absolute atomic E-state index is 13.4. The number of aromatic nitrogens is 6. The van der Waals surface area contributed by atoms with Crippen LogP contribution in [-0.2, 0) is 6.54 Å². The van der Waals surface area contributed by atoms with Gasteiger partial charge in [0.15, 0.2) is 5.82 Å². The average molecular weight is 445 g/mol. The molecule has 0 radical (unpaired) electrons. The minimum absolute atomic E-state index is 0.0974. The third-order valence-corrected chi connectivity index (χ3v) is 5.87. The van der Waals surface area contributed by atoms with Crippen LogP contribution in [-0.4, -0.2) is 36.4 Å². The third kappa shape index (κ3) is 4.28. The maximum atomic E-state index is 13.4. The zero-order valence-corrected chi connectivity index (χ0v) is 18.8. The summed E-state index contributed by atoms with van der Waals surface area (Å²) in [6.07, 6.45) is 8.36. The minimum Gasteiger partial charge on any atom is -0.479 e. The van der Waals surface area contributed by atoms with Crippen molar-refractivity contribution in [1.29, 1.82) is 0 Å². The number of benzene rings is 1. The van der Waals surface area contributed by atoms with Gasteiger partial charge in [0.2, 0.25) is 5.88 Å². The molecule has 3 aromatic heterocycles. The van der Waals surface area contributed by atoms with Gasteiger partial charge in [-0.2, -0.15) is 5.10 Å². The van der Waals surface area contributed by atoms with Crippen molar-refractivity contribution in [2.45, 2.75) is 32.7 Å². The molecule has 5 rings (SSSR count). The molecule has 1 aliphatic rings. The standard InChI is InChI=1S/C25H25FN6O/c1-16-12-21(18-4-6-19(26)7-5-18)24-29-23(30-32(24)13-16)11-9-20-8-10-22(25(28-20)33-3)31-14-17(2)27-15-31/h4-11,14-16,21H,12-13H2,1-3H3/b11-9+. The molecule has 4 aromatic rings. The summed E-state index contributed by atoms with van der Waals surface area (Å²) < 4.78 is 22.8. The normalized spacial score (nSPS) is 17.9. The highest BCUT2D eigenvalue weighted by Gasteiger charge is 2.29. The Morgan fingerprint density at radius 1 is 1.09 bits per heavy atom. The zero-order chi connectivity index (χ0) is 22.9. The molecule has 2 unspecified atom stereocenters. The molecule has 7 nitrogen and oxygen atoms in total. The van der Waals surface area contributed by atoms with Crippen LogP contribution < -0.4 is 4.74 Å². The molecule has 1 aromatic carbocycles. The molecule has 33 heavy (non-hydrogen) atoms. The van der Waals surface area contributed by atoms with Crippen LogP contribution in [0.2, 0.25) is 0 Å². The van der Waals surface area contributed by atoms with Gasteiger partial charge in [-0.3, -0.25) is 0 Å². The molecule has 0 N–H and O–H groups in total. The fourth-order valence-corrected chi connectivity index (χ4v) is 4.29. The van der Waals surface area contributed by atoms with E-state index in [1.165, 1.54) is 12.1 Å². The van der Waals surface area contributed by atoms with Crippen molar-refractivity contribution in [2.75, 3.05) is 7.11 Å². The summed E-state index contributed by atoms with van der Waals surface area (Å²) in [4.78, 5) is 13.7. The highest BCUT2D eigenvalue weighted by atomic mass is 19.1. The van der Waals surface area contributed by atoms with Crippen molar-refractivity contribution < 1.29 is 9.13 Å². The number of methoxy groups -OCH3 is 1. The highest BCUT2D eigenvalue weighted by Crippen LogP contribution is 2.35. The molecule has 0 fully saturated rings. The molecule has 0 spiro atoms. The third-order valence-electron chi connectivity index (χ3n) is 5.87. The molecular formula is C25H25FN6O. The van der Waals surface area contributed by atoms with Crippen LogP contribution in [0.4, 0.5) is 4.39 Å². The van der Waals surface area contributed by atoms with E-state index in [4.69, 9.17) is 14.8 Å². The molecule has 0 bridgehead atoms. The number of hydrogen-bond acceptors (Lipinski definition) is 5.